The first-order chi connectivity index (χ1) is 19.4. The molecule has 2 aromatic rings. The third kappa shape index (κ3) is 9.00. The highest BCUT2D eigenvalue weighted by Crippen LogP contribution is 2.34. The molecule has 41 heavy (non-hydrogen) atoms. The Hall–Kier alpha value is -4.52. The molecule has 0 atom stereocenters. The van der Waals surface area contributed by atoms with Crippen LogP contribution in [0.5, 0.6) is 5.75 Å². The van der Waals surface area contributed by atoms with Crippen LogP contribution in [0.3, 0.4) is 0 Å². The van der Waals surface area contributed by atoms with Crippen molar-refractivity contribution >= 4 is 42.5 Å². The van der Waals surface area contributed by atoms with Crippen LogP contribution in [0, 0.1) is 6.92 Å². The van der Waals surface area contributed by atoms with Crippen LogP contribution in [0.25, 0.3) is 0 Å². The lowest BCUT2D eigenvalue weighted by atomic mass is 10.1. The number of hydrogen-bond acceptors (Lipinski definition) is 8. The van der Waals surface area contributed by atoms with E-state index in [9.17, 15) is 18.0 Å². The molecule has 2 aromatic carbocycles. The molecule has 13 heteroatoms. The molecule has 0 saturated carbocycles. The predicted octanol–water partition coefficient (Wildman–Crippen LogP) is 4.91. The van der Waals surface area contributed by atoms with Crippen molar-refractivity contribution in [1.29, 1.82) is 0 Å². The molecule has 0 bridgehead atoms. The third-order valence-electron chi connectivity index (χ3n) is 5.72. The van der Waals surface area contributed by atoms with E-state index < -0.39 is 17.6 Å². The summed E-state index contributed by atoms with van der Waals surface area (Å²) in [6, 6.07) is 8.02. The van der Waals surface area contributed by atoms with Gasteiger partial charge in [-0.1, -0.05) is 6.07 Å². The average Bonchev–Trinajstić information content (AvgIpc) is 2.91. The number of nitrogens with zero attached hydrogens (tertiary/aromatic N) is 6. The van der Waals surface area contributed by atoms with Crippen LogP contribution in [0.15, 0.2) is 67.9 Å². The summed E-state index contributed by atoms with van der Waals surface area (Å²) in [7, 11) is 7.28. The number of halogens is 3. The van der Waals surface area contributed by atoms with Crippen molar-refractivity contribution in [3.05, 3.63) is 64.6 Å². The second kappa shape index (κ2) is 13.7. The van der Waals surface area contributed by atoms with Gasteiger partial charge in [0.15, 0.2) is 5.82 Å². The van der Waals surface area contributed by atoms with Crippen LogP contribution >= 0.6 is 0 Å². The SMILES string of the molecule is C=NC=N/C(Nc1cc(C(=O)Nc2cc(OCCN(C)C)cc(C(F)(F)F)c2)ccc1C)=C1\CC=NC(N(C)C)=N1. The molecule has 2 N–H and O–H groups in total. The van der Waals surface area contributed by atoms with E-state index in [2.05, 4.69) is 37.3 Å². The minimum Gasteiger partial charge on any atom is -0.492 e. The molecule has 0 spiro atoms. The fraction of sp³-hybridized carbons (Fsp3) is 0.321. The monoisotopic (exact) mass is 570 g/mol. The van der Waals surface area contributed by atoms with Gasteiger partial charge in [-0.15, -0.1) is 0 Å². The van der Waals surface area contributed by atoms with Crippen molar-refractivity contribution in [1.82, 2.24) is 9.80 Å². The first-order valence-electron chi connectivity index (χ1n) is 12.6. The Labute approximate surface area is 237 Å². The number of guanidine groups is 1. The van der Waals surface area contributed by atoms with Crippen LogP contribution < -0.4 is 15.4 Å². The van der Waals surface area contributed by atoms with Gasteiger partial charge in [-0.05, 0) is 57.6 Å². The van der Waals surface area contributed by atoms with Crippen molar-refractivity contribution in [2.75, 3.05) is 52.0 Å². The smallest absolute Gasteiger partial charge is 0.416 e. The maximum absolute atomic E-state index is 13.6. The highest BCUT2D eigenvalue weighted by molar-refractivity contribution is 6.05. The van der Waals surface area contributed by atoms with E-state index >= 15 is 0 Å². The maximum atomic E-state index is 13.6. The van der Waals surface area contributed by atoms with E-state index in [4.69, 9.17) is 4.74 Å². The first kappa shape index (κ1) is 31.0. The van der Waals surface area contributed by atoms with E-state index in [0.29, 0.717) is 36.1 Å². The Morgan fingerprint density at radius 2 is 1.90 bits per heavy atom. The number of hydrogen-bond donors (Lipinski definition) is 2. The summed E-state index contributed by atoms with van der Waals surface area (Å²) in [6.07, 6.45) is -1.24. The minimum atomic E-state index is -4.62. The zero-order chi connectivity index (χ0) is 30.2. The zero-order valence-corrected chi connectivity index (χ0v) is 23.6. The van der Waals surface area contributed by atoms with Crippen molar-refractivity contribution in [2.24, 2.45) is 20.0 Å². The standard InChI is InChI=1S/C28H33F3N8O2/c1-18-7-8-19(13-24(18)36-25(34-17-32-2)23-9-10-33-27(37-23)39(5)6)26(40)35-21-14-20(28(29,30)31)15-22(16-21)41-12-11-38(3)4/h7-8,10,13-17,36H,2,9,11-12H2,1,3-6H3,(H,35,40)/b25-23-,34-17?. The molecule has 0 fully saturated rings. The van der Waals surface area contributed by atoms with E-state index in [0.717, 1.165) is 17.7 Å². The number of carbonyl (C=O) groups is 1. The van der Waals surface area contributed by atoms with Gasteiger partial charge in [0.2, 0.25) is 5.96 Å². The van der Waals surface area contributed by atoms with Gasteiger partial charge in [0.25, 0.3) is 5.91 Å². The number of allylic oxidation sites excluding steroid dienone is 1. The fourth-order valence-corrected chi connectivity index (χ4v) is 3.54. The number of likely N-dealkylation sites (N-methyl/N-ethyl adjacent to an activating group) is 1. The van der Waals surface area contributed by atoms with Gasteiger partial charge in [-0.2, -0.15) is 13.2 Å². The number of aliphatic imine (C=N–C) groups is 4. The largest absolute Gasteiger partial charge is 0.492 e. The second-order valence-corrected chi connectivity index (χ2v) is 9.55. The predicted molar refractivity (Wildman–Crippen MR) is 158 cm³/mol. The Balaban J connectivity index is 1.90. The fourth-order valence-electron chi connectivity index (χ4n) is 3.54. The van der Waals surface area contributed by atoms with Gasteiger partial charge in [-0.3, -0.25) is 9.79 Å². The minimum absolute atomic E-state index is 0.00172. The summed E-state index contributed by atoms with van der Waals surface area (Å²) in [5.74, 6) is 0.265. The molecule has 1 aliphatic rings. The number of benzene rings is 2. The maximum Gasteiger partial charge on any atom is 0.416 e. The lowest BCUT2D eigenvalue weighted by molar-refractivity contribution is -0.137. The number of amides is 1. The van der Waals surface area contributed by atoms with Gasteiger partial charge in [0.1, 0.15) is 18.7 Å². The van der Waals surface area contributed by atoms with Gasteiger partial charge >= 0.3 is 6.18 Å². The highest BCUT2D eigenvalue weighted by atomic mass is 19.4. The number of alkyl halides is 3. The van der Waals surface area contributed by atoms with Crippen molar-refractivity contribution in [2.45, 2.75) is 19.5 Å². The molecule has 0 aliphatic carbocycles. The Bertz CT molecular complexity index is 1400. The van der Waals surface area contributed by atoms with Gasteiger partial charge in [0.05, 0.1) is 11.3 Å². The Kier molecular flexibility index (Phi) is 10.4. The van der Waals surface area contributed by atoms with Gasteiger partial charge in [-0.25, -0.2) is 15.0 Å². The van der Waals surface area contributed by atoms with Crippen LogP contribution in [0.4, 0.5) is 24.5 Å². The third-order valence-corrected chi connectivity index (χ3v) is 5.72. The second-order valence-electron chi connectivity index (χ2n) is 9.55. The molecule has 1 heterocycles. The molecule has 0 saturated heterocycles. The van der Waals surface area contributed by atoms with Gasteiger partial charge in [0, 0.05) is 56.3 Å². The molecular weight excluding hydrogens is 537 g/mol. The molecule has 0 radical (unpaired) electrons. The Morgan fingerprint density at radius 3 is 2.56 bits per heavy atom. The van der Waals surface area contributed by atoms with Crippen LogP contribution in [0.1, 0.15) is 27.9 Å². The molecule has 3 rings (SSSR count). The zero-order valence-electron chi connectivity index (χ0n) is 23.6. The lowest BCUT2D eigenvalue weighted by Gasteiger charge is -2.18. The average molecular weight is 571 g/mol. The van der Waals surface area contributed by atoms with Crippen LogP contribution in [-0.2, 0) is 6.18 Å². The quantitative estimate of drug-likeness (QED) is 0.312. The Morgan fingerprint density at radius 1 is 1.15 bits per heavy atom. The molecule has 0 aromatic heterocycles. The summed E-state index contributed by atoms with van der Waals surface area (Å²) >= 11 is 0. The molecule has 10 nitrogen and oxygen atoms in total. The number of ether oxygens (including phenoxy) is 1. The topological polar surface area (TPSA) is 106 Å². The molecule has 0 unspecified atom stereocenters. The number of anilines is 2. The first-order valence-corrected chi connectivity index (χ1v) is 12.6. The summed E-state index contributed by atoms with van der Waals surface area (Å²) in [4.78, 5) is 33.5. The summed E-state index contributed by atoms with van der Waals surface area (Å²) < 4.78 is 46.2. The van der Waals surface area contributed by atoms with Crippen molar-refractivity contribution in [3.8, 4) is 5.75 Å². The molecule has 218 valence electrons. The number of aryl methyl sites for hydroxylation is 1. The number of carbonyl (C=O) groups excluding carboxylic acids is 1. The summed E-state index contributed by atoms with van der Waals surface area (Å²) in [5.41, 5.74) is 1.16. The highest BCUT2D eigenvalue weighted by Gasteiger charge is 2.31. The number of rotatable bonds is 10. The summed E-state index contributed by atoms with van der Waals surface area (Å²) in [6.45, 7) is 5.95. The number of nitrogens with one attached hydrogen (secondary N) is 2. The van der Waals surface area contributed by atoms with E-state index in [1.54, 1.807) is 29.3 Å². The van der Waals surface area contributed by atoms with Gasteiger partial charge < -0.3 is 25.2 Å². The summed E-state index contributed by atoms with van der Waals surface area (Å²) in [5, 5.41) is 5.75. The van der Waals surface area contributed by atoms with Crippen molar-refractivity contribution in [3.63, 3.8) is 0 Å². The van der Waals surface area contributed by atoms with E-state index in [1.165, 1.54) is 12.4 Å². The van der Waals surface area contributed by atoms with E-state index in [-0.39, 0.29) is 23.6 Å². The van der Waals surface area contributed by atoms with Crippen molar-refractivity contribution < 1.29 is 22.7 Å². The van der Waals surface area contributed by atoms with E-state index in [1.807, 2.05) is 40.0 Å². The lowest BCUT2D eigenvalue weighted by Crippen LogP contribution is -2.22. The van der Waals surface area contributed by atoms with Crippen LogP contribution in [-0.4, -0.2) is 82.3 Å². The van der Waals surface area contributed by atoms with Crippen LogP contribution in [0.2, 0.25) is 0 Å². The normalized spacial score (nSPS) is 14.6. The molecule has 1 aliphatic heterocycles. The molecule has 1 amide bonds. The molecular formula is C28H33F3N8O2.